The summed E-state index contributed by atoms with van der Waals surface area (Å²) in [5, 5.41) is 7.29. The third-order valence-corrected chi connectivity index (χ3v) is 4.27. The lowest BCUT2D eigenvalue weighted by Gasteiger charge is -2.29. The molecule has 1 aromatic rings. The molecule has 2 fully saturated rings. The Morgan fingerprint density at radius 3 is 2.48 bits per heavy atom. The van der Waals surface area contributed by atoms with Crippen LogP contribution in [0.4, 0.5) is 0 Å². The van der Waals surface area contributed by atoms with Crippen LogP contribution in [0.2, 0.25) is 5.02 Å². The molecule has 0 aromatic heterocycles. The summed E-state index contributed by atoms with van der Waals surface area (Å²) in [4.78, 5) is 11.9. The van der Waals surface area contributed by atoms with E-state index in [9.17, 15) is 4.79 Å². The van der Waals surface area contributed by atoms with E-state index in [1.54, 1.807) is 24.3 Å². The Bertz CT molecular complexity index is 469. The first-order valence-electron chi connectivity index (χ1n) is 7.13. The number of nitrogens with one attached hydrogen (secondary N) is 2. The van der Waals surface area contributed by atoms with Crippen LogP contribution >= 0.6 is 24.0 Å². The highest BCUT2D eigenvalue weighted by molar-refractivity contribution is 6.30. The van der Waals surface area contributed by atoms with Crippen LogP contribution in [0.1, 0.15) is 25.7 Å². The number of benzene rings is 1. The summed E-state index contributed by atoms with van der Waals surface area (Å²) in [6.07, 6.45) is 4.53. The molecular weight excluding hydrogens is 311 g/mol. The summed E-state index contributed by atoms with van der Waals surface area (Å²) in [6, 6.07) is 8.47. The number of carbonyl (C=O) groups is 1. The molecule has 116 valence electrons. The number of hydrogen-bond donors (Lipinski definition) is 2. The van der Waals surface area contributed by atoms with Gasteiger partial charge in [0.25, 0.3) is 5.91 Å². The van der Waals surface area contributed by atoms with Crippen LogP contribution in [0, 0.1) is 0 Å². The van der Waals surface area contributed by atoms with E-state index in [0.29, 0.717) is 22.9 Å². The standard InChI is InChI=1S/C15H19ClN2O2.ClH/c16-10-1-5-14(6-2-10)20-9-15(19)18-13-7-11-3-4-12(8-13)17-11;/h1-2,5-6,11-13,17H,3-4,7-9H2,(H,18,19);1H. The van der Waals surface area contributed by atoms with Crippen LogP contribution in [0.3, 0.4) is 0 Å². The molecule has 2 heterocycles. The molecule has 0 spiro atoms. The number of halogens is 2. The topological polar surface area (TPSA) is 50.4 Å². The van der Waals surface area contributed by atoms with Crippen molar-refractivity contribution in [2.24, 2.45) is 0 Å². The summed E-state index contributed by atoms with van der Waals surface area (Å²) >= 11 is 5.80. The highest BCUT2D eigenvalue weighted by Crippen LogP contribution is 2.26. The molecule has 0 radical (unpaired) electrons. The quantitative estimate of drug-likeness (QED) is 0.891. The fourth-order valence-electron chi connectivity index (χ4n) is 3.12. The molecule has 2 atom stereocenters. The smallest absolute Gasteiger partial charge is 0.258 e. The third-order valence-electron chi connectivity index (χ3n) is 4.02. The summed E-state index contributed by atoms with van der Waals surface area (Å²) in [5.41, 5.74) is 0. The van der Waals surface area contributed by atoms with Crippen LogP contribution < -0.4 is 15.4 Å². The van der Waals surface area contributed by atoms with Crippen LogP contribution in [-0.4, -0.2) is 30.6 Å². The van der Waals surface area contributed by atoms with Crippen molar-refractivity contribution in [2.75, 3.05) is 6.61 Å². The molecule has 2 aliphatic heterocycles. The zero-order valence-corrected chi connectivity index (χ0v) is 13.3. The van der Waals surface area contributed by atoms with Crippen molar-refractivity contribution in [3.8, 4) is 5.75 Å². The van der Waals surface area contributed by atoms with Crippen LogP contribution in [0.15, 0.2) is 24.3 Å². The van der Waals surface area contributed by atoms with Gasteiger partial charge in [-0.2, -0.15) is 0 Å². The number of carbonyl (C=O) groups excluding carboxylic acids is 1. The van der Waals surface area contributed by atoms with Gasteiger partial charge in [-0.15, -0.1) is 12.4 Å². The van der Waals surface area contributed by atoms with Gasteiger partial charge in [-0.25, -0.2) is 0 Å². The molecule has 6 heteroatoms. The lowest BCUT2D eigenvalue weighted by Crippen LogP contribution is -2.48. The molecule has 2 bridgehead atoms. The zero-order valence-electron chi connectivity index (χ0n) is 11.7. The minimum absolute atomic E-state index is 0. The molecule has 2 aliphatic rings. The molecule has 1 amide bonds. The molecule has 1 aromatic carbocycles. The van der Waals surface area contributed by atoms with Crippen molar-refractivity contribution in [2.45, 2.75) is 43.8 Å². The second-order valence-corrected chi connectivity index (χ2v) is 6.05. The Morgan fingerprint density at radius 1 is 1.24 bits per heavy atom. The average molecular weight is 331 g/mol. The fourth-order valence-corrected chi connectivity index (χ4v) is 3.25. The van der Waals surface area contributed by atoms with E-state index in [4.69, 9.17) is 16.3 Å². The second kappa shape index (κ2) is 7.34. The lowest BCUT2D eigenvalue weighted by molar-refractivity contribution is -0.124. The molecule has 2 unspecified atom stereocenters. The summed E-state index contributed by atoms with van der Waals surface area (Å²) in [5.74, 6) is 0.612. The highest BCUT2D eigenvalue weighted by Gasteiger charge is 2.33. The molecule has 0 saturated carbocycles. The second-order valence-electron chi connectivity index (χ2n) is 5.62. The summed E-state index contributed by atoms with van der Waals surface area (Å²) < 4.78 is 5.45. The van der Waals surface area contributed by atoms with E-state index < -0.39 is 0 Å². The van der Waals surface area contributed by atoms with Gasteiger partial charge in [-0.05, 0) is 49.9 Å². The van der Waals surface area contributed by atoms with Crippen molar-refractivity contribution in [1.29, 1.82) is 0 Å². The molecule has 0 aliphatic carbocycles. The predicted molar refractivity (Wildman–Crippen MR) is 85.3 cm³/mol. The molecule has 4 nitrogen and oxygen atoms in total. The van der Waals surface area contributed by atoms with Gasteiger partial charge in [0, 0.05) is 23.1 Å². The number of amides is 1. The largest absolute Gasteiger partial charge is 0.484 e. The summed E-state index contributed by atoms with van der Waals surface area (Å²) in [7, 11) is 0. The maximum absolute atomic E-state index is 11.9. The first-order chi connectivity index (χ1) is 9.69. The zero-order chi connectivity index (χ0) is 13.9. The average Bonchev–Trinajstić information content (AvgIpc) is 2.77. The Hall–Kier alpha value is -0.970. The van der Waals surface area contributed by atoms with Crippen LogP contribution in [0.5, 0.6) is 5.75 Å². The normalized spacial score (nSPS) is 26.8. The maximum atomic E-state index is 11.9. The van der Waals surface area contributed by atoms with E-state index in [2.05, 4.69) is 10.6 Å². The SMILES string of the molecule is Cl.O=C(COc1ccc(Cl)cc1)NC1CC2CCC(C1)N2. The minimum atomic E-state index is -0.0498. The number of ether oxygens (including phenoxy) is 1. The lowest BCUT2D eigenvalue weighted by atomic mass is 10.00. The number of hydrogen-bond acceptors (Lipinski definition) is 3. The van der Waals surface area contributed by atoms with Crippen molar-refractivity contribution < 1.29 is 9.53 Å². The highest BCUT2D eigenvalue weighted by atomic mass is 35.5. The van der Waals surface area contributed by atoms with Crippen molar-refractivity contribution in [3.63, 3.8) is 0 Å². The maximum Gasteiger partial charge on any atom is 0.258 e. The Morgan fingerprint density at radius 2 is 1.86 bits per heavy atom. The monoisotopic (exact) mass is 330 g/mol. The van der Waals surface area contributed by atoms with Gasteiger partial charge in [0.15, 0.2) is 6.61 Å². The third kappa shape index (κ3) is 4.50. The molecule has 21 heavy (non-hydrogen) atoms. The summed E-state index contributed by atoms with van der Waals surface area (Å²) in [6.45, 7) is 0.0564. The van der Waals surface area contributed by atoms with E-state index in [-0.39, 0.29) is 31.0 Å². The number of rotatable bonds is 4. The Balaban J connectivity index is 0.00000161. The Kier molecular flexibility index (Phi) is 5.73. The van der Waals surface area contributed by atoms with Gasteiger partial charge >= 0.3 is 0 Å². The predicted octanol–water partition coefficient (Wildman–Crippen LogP) is 2.54. The van der Waals surface area contributed by atoms with E-state index in [1.807, 2.05) is 0 Å². The van der Waals surface area contributed by atoms with Gasteiger partial charge < -0.3 is 15.4 Å². The van der Waals surface area contributed by atoms with Gasteiger partial charge in [0.2, 0.25) is 0 Å². The van der Waals surface area contributed by atoms with Gasteiger partial charge in [-0.3, -0.25) is 4.79 Å². The van der Waals surface area contributed by atoms with E-state index in [1.165, 1.54) is 12.8 Å². The van der Waals surface area contributed by atoms with Gasteiger partial charge in [0.1, 0.15) is 5.75 Å². The Labute approximate surface area is 136 Å². The fraction of sp³-hybridized carbons (Fsp3) is 0.533. The first-order valence-corrected chi connectivity index (χ1v) is 7.50. The minimum Gasteiger partial charge on any atom is -0.484 e. The van der Waals surface area contributed by atoms with Crippen molar-refractivity contribution in [3.05, 3.63) is 29.3 Å². The molecule has 2 N–H and O–H groups in total. The number of piperidine rings is 1. The van der Waals surface area contributed by atoms with Crippen LogP contribution in [-0.2, 0) is 4.79 Å². The first kappa shape index (κ1) is 16.4. The molecule has 2 saturated heterocycles. The van der Waals surface area contributed by atoms with Gasteiger partial charge in [0.05, 0.1) is 0 Å². The van der Waals surface area contributed by atoms with Crippen LogP contribution in [0.25, 0.3) is 0 Å². The van der Waals surface area contributed by atoms with E-state index >= 15 is 0 Å². The van der Waals surface area contributed by atoms with Gasteiger partial charge in [-0.1, -0.05) is 11.6 Å². The van der Waals surface area contributed by atoms with Crippen molar-refractivity contribution >= 4 is 29.9 Å². The number of fused-ring (bicyclic) bond motifs is 2. The van der Waals surface area contributed by atoms with E-state index in [0.717, 1.165) is 12.8 Å². The molecule has 3 rings (SSSR count). The van der Waals surface area contributed by atoms with Crippen molar-refractivity contribution in [1.82, 2.24) is 10.6 Å². The molecular formula is C15H20Cl2N2O2.